The molecule has 1 heterocycles. The first kappa shape index (κ1) is 22.2. The van der Waals surface area contributed by atoms with Gasteiger partial charge < -0.3 is 9.64 Å². The third-order valence-corrected chi connectivity index (χ3v) is 6.86. The lowest BCUT2D eigenvalue weighted by molar-refractivity contribution is -0.139. The molecule has 1 saturated heterocycles. The topological polar surface area (TPSA) is 66.9 Å². The molecule has 30 heavy (non-hydrogen) atoms. The molecule has 7 heteroatoms. The number of piperidine rings is 1. The summed E-state index contributed by atoms with van der Waals surface area (Å²) in [4.78, 5) is 14.7. The first-order valence-electron chi connectivity index (χ1n) is 10.3. The highest BCUT2D eigenvalue weighted by molar-refractivity contribution is 7.92. The Kier molecular flexibility index (Phi) is 7.02. The number of sulfonamides is 1. The van der Waals surface area contributed by atoms with Crippen molar-refractivity contribution < 1.29 is 17.9 Å². The fourth-order valence-corrected chi connectivity index (χ4v) is 4.25. The SMILES string of the molecule is C[C@@H](Oc1ccc(N(C)S(C)(=O)=O)cc1)C(=O)N1CCC(Cc2ccccc2)CC1. The van der Waals surface area contributed by atoms with Crippen LogP contribution < -0.4 is 9.04 Å². The Hall–Kier alpha value is -2.54. The van der Waals surface area contributed by atoms with E-state index in [9.17, 15) is 13.2 Å². The largest absolute Gasteiger partial charge is 0.481 e. The summed E-state index contributed by atoms with van der Waals surface area (Å²) in [5.41, 5.74) is 1.90. The van der Waals surface area contributed by atoms with Crippen molar-refractivity contribution in [2.45, 2.75) is 32.3 Å². The molecule has 6 nitrogen and oxygen atoms in total. The summed E-state index contributed by atoms with van der Waals surface area (Å²) < 4.78 is 30.3. The predicted octanol–water partition coefficient (Wildman–Crippen LogP) is 3.33. The molecular formula is C23H30N2O4S. The number of nitrogens with zero attached hydrogens (tertiary/aromatic N) is 2. The van der Waals surface area contributed by atoms with Crippen LogP contribution in [0.1, 0.15) is 25.3 Å². The van der Waals surface area contributed by atoms with Gasteiger partial charge in [-0.1, -0.05) is 30.3 Å². The number of hydrogen-bond acceptors (Lipinski definition) is 4. The van der Waals surface area contributed by atoms with Crippen LogP contribution in [0.4, 0.5) is 5.69 Å². The van der Waals surface area contributed by atoms with Crippen LogP contribution in [0, 0.1) is 5.92 Å². The molecule has 2 aromatic carbocycles. The number of anilines is 1. The fourth-order valence-electron chi connectivity index (χ4n) is 3.74. The van der Waals surface area contributed by atoms with Gasteiger partial charge in [0.1, 0.15) is 5.75 Å². The summed E-state index contributed by atoms with van der Waals surface area (Å²) in [6.45, 7) is 3.26. The van der Waals surface area contributed by atoms with Crippen LogP contribution in [-0.4, -0.2) is 51.7 Å². The zero-order chi connectivity index (χ0) is 21.7. The second kappa shape index (κ2) is 9.51. The number of hydrogen-bond donors (Lipinski definition) is 0. The molecule has 0 aliphatic carbocycles. The number of amides is 1. The maximum Gasteiger partial charge on any atom is 0.263 e. The second-order valence-corrected chi connectivity index (χ2v) is 9.96. The number of likely N-dealkylation sites (tertiary alicyclic amines) is 1. The molecule has 3 rings (SSSR count). The Morgan fingerprint density at radius 3 is 2.27 bits per heavy atom. The van der Waals surface area contributed by atoms with Crippen LogP contribution >= 0.6 is 0 Å². The maximum absolute atomic E-state index is 12.8. The van der Waals surface area contributed by atoms with Gasteiger partial charge in [-0.05, 0) is 61.9 Å². The summed E-state index contributed by atoms with van der Waals surface area (Å²) in [5, 5.41) is 0. The van der Waals surface area contributed by atoms with Gasteiger partial charge in [0, 0.05) is 20.1 Å². The number of benzene rings is 2. The average molecular weight is 431 g/mol. The Labute approximate surface area is 179 Å². The third-order valence-electron chi connectivity index (χ3n) is 5.65. The summed E-state index contributed by atoms with van der Waals surface area (Å²) in [6.07, 6.45) is 3.62. The third kappa shape index (κ3) is 5.75. The van der Waals surface area contributed by atoms with E-state index in [4.69, 9.17) is 4.74 Å². The van der Waals surface area contributed by atoms with Crippen LogP contribution in [0.2, 0.25) is 0 Å². The van der Waals surface area contributed by atoms with Crippen LogP contribution in [0.25, 0.3) is 0 Å². The maximum atomic E-state index is 12.8. The molecule has 0 bridgehead atoms. The van der Waals surface area contributed by atoms with Crippen molar-refractivity contribution in [3.05, 3.63) is 60.2 Å². The zero-order valence-electron chi connectivity index (χ0n) is 17.8. The van der Waals surface area contributed by atoms with E-state index >= 15 is 0 Å². The van der Waals surface area contributed by atoms with Gasteiger partial charge in [-0.2, -0.15) is 0 Å². The lowest BCUT2D eigenvalue weighted by Gasteiger charge is -2.33. The number of carbonyl (C=O) groups excluding carboxylic acids is 1. The van der Waals surface area contributed by atoms with Crippen molar-refractivity contribution in [2.24, 2.45) is 5.92 Å². The smallest absolute Gasteiger partial charge is 0.263 e. The van der Waals surface area contributed by atoms with Crippen molar-refractivity contribution >= 4 is 21.6 Å². The predicted molar refractivity (Wildman–Crippen MR) is 119 cm³/mol. The molecule has 0 saturated carbocycles. The molecule has 0 radical (unpaired) electrons. The summed E-state index contributed by atoms with van der Waals surface area (Å²) in [7, 11) is -1.81. The van der Waals surface area contributed by atoms with Gasteiger partial charge in [-0.25, -0.2) is 8.42 Å². The van der Waals surface area contributed by atoms with E-state index in [2.05, 4.69) is 24.3 Å². The Bertz CT molecular complexity index is 937. The van der Waals surface area contributed by atoms with Crippen molar-refractivity contribution in [3.63, 3.8) is 0 Å². The average Bonchev–Trinajstić information content (AvgIpc) is 2.74. The fraction of sp³-hybridized carbons (Fsp3) is 0.435. The molecule has 1 atom stereocenters. The Balaban J connectivity index is 1.50. The molecule has 0 N–H and O–H groups in total. The van der Waals surface area contributed by atoms with Gasteiger partial charge in [-0.15, -0.1) is 0 Å². The normalized spacial score (nSPS) is 16.2. The molecule has 1 aliphatic heterocycles. The van der Waals surface area contributed by atoms with E-state index in [1.54, 1.807) is 31.2 Å². The highest BCUT2D eigenvalue weighted by Crippen LogP contribution is 2.24. The van der Waals surface area contributed by atoms with Gasteiger partial charge in [0.15, 0.2) is 6.10 Å². The summed E-state index contributed by atoms with van der Waals surface area (Å²) in [6, 6.07) is 17.2. The van der Waals surface area contributed by atoms with Gasteiger partial charge in [-0.3, -0.25) is 9.10 Å². The van der Waals surface area contributed by atoms with Crippen LogP contribution in [-0.2, 0) is 21.2 Å². The van der Waals surface area contributed by atoms with E-state index in [0.717, 1.165) is 38.6 Å². The van der Waals surface area contributed by atoms with Crippen molar-refractivity contribution in [1.29, 1.82) is 0 Å². The van der Waals surface area contributed by atoms with Crippen molar-refractivity contribution in [3.8, 4) is 5.75 Å². The van der Waals surface area contributed by atoms with E-state index < -0.39 is 16.1 Å². The van der Waals surface area contributed by atoms with Crippen molar-refractivity contribution in [1.82, 2.24) is 4.90 Å². The Morgan fingerprint density at radius 1 is 1.10 bits per heavy atom. The molecular weight excluding hydrogens is 400 g/mol. The van der Waals surface area contributed by atoms with Gasteiger partial charge in [0.05, 0.1) is 11.9 Å². The van der Waals surface area contributed by atoms with Crippen LogP contribution in [0.3, 0.4) is 0 Å². The van der Waals surface area contributed by atoms with Crippen LogP contribution in [0.15, 0.2) is 54.6 Å². The summed E-state index contributed by atoms with van der Waals surface area (Å²) >= 11 is 0. The molecule has 0 unspecified atom stereocenters. The quantitative estimate of drug-likeness (QED) is 0.676. The standard InChI is InChI=1S/C23H30N2O4S/c1-18(29-22-11-9-21(10-12-22)24(2)30(3,27)28)23(26)25-15-13-20(14-16-25)17-19-7-5-4-6-8-19/h4-12,18,20H,13-17H2,1-3H3/t18-/m1/s1. The number of ether oxygens (including phenoxy) is 1. The highest BCUT2D eigenvalue weighted by atomic mass is 32.2. The van der Waals surface area contributed by atoms with Crippen molar-refractivity contribution in [2.75, 3.05) is 30.7 Å². The zero-order valence-corrected chi connectivity index (χ0v) is 18.6. The lowest BCUT2D eigenvalue weighted by Crippen LogP contribution is -2.45. The van der Waals surface area contributed by atoms with Gasteiger partial charge in [0.2, 0.25) is 10.0 Å². The number of rotatable bonds is 7. The van der Waals surface area contributed by atoms with E-state index in [1.807, 2.05) is 11.0 Å². The molecule has 2 aromatic rings. The minimum Gasteiger partial charge on any atom is -0.481 e. The Morgan fingerprint density at radius 2 is 1.70 bits per heavy atom. The first-order valence-corrected chi connectivity index (χ1v) is 12.1. The molecule has 1 amide bonds. The molecule has 0 aromatic heterocycles. The minimum absolute atomic E-state index is 0.00880. The van der Waals surface area contributed by atoms with E-state index in [1.165, 1.54) is 16.9 Å². The molecule has 0 spiro atoms. The van der Waals surface area contributed by atoms with E-state index in [-0.39, 0.29) is 5.91 Å². The van der Waals surface area contributed by atoms with Crippen LogP contribution in [0.5, 0.6) is 5.75 Å². The lowest BCUT2D eigenvalue weighted by atomic mass is 9.90. The monoisotopic (exact) mass is 430 g/mol. The van der Waals surface area contributed by atoms with Gasteiger partial charge >= 0.3 is 0 Å². The highest BCUT2D eigenvalue weighted by Gasteiger charge is 2.27. The second-order valence-electron chi connectivity index (χ2n) is 7.94. The summed E-state index contributed by atoms with van der Waals surface area (Å²) in [5.74, 6) is 1.14. The van der Waals surface area contributed by atoms with E-state index in [0.29, 0.717) is 17.4 Å². The molecule has 162 valence electrons. The molecule has 1 aliphatic rings. The molecule has 1 fully saturated rings. The minimum atomic E-state index is -3.31. The number of carbonyl (C=O) groups is 1. The first-order chi connectivity index (χ1) is 14.2. The van der Waals surface area contributed by atoms with Gasteiger partial charge in [0.25, 0.3) is 5.91 Å².